The van der Waals surface area contributed by atoms with E-state index in [1.165, 1.54) is 57.8 Å². The molecule has 1 saturated heterocycles. The van der Waals surface area contributed by atoms with Crippen molar-refractivity contribution in [2.75, 3.05) is 0 Å². The SMILES string of the molecule is CCCC/C=C/C[C@@H]1CCC[C@H](CCC)N1. The highest BCUT2D eigenvalue weighted by Gasteiger charge is 2.18. The van der Waals surface area contributed by atoms with Crippen LogP contribution < -0.4 is 5.32 Å². The number of allylic oxidation sites excluding steroid dienone is 1. The molecule has 1 heterocycles. The zero-order chi connectivity index (χ0) is 11.6. The largest absolute Gasteiger partial charge is 0.311 e. The van der Waals surface area contributed by atoms with Crippen LogP contribution in [-0.2, 0) is 0 Å². The first-order valence-electron chi connectivity index (χ1n) is 7.27. The second-order valence-electron chi connectivity index (χ2n) is 5.13. The first kappa shape index (κ1) is 13.8. The molecule has 0 saturated carbocycles. The number of hydrogen-bond donors (Lipinski definition) is 1. The molecule has 94 valence electrons. The Labute approximate surface area is 102 Å². The minimum absolute atomic E-state index is 0.753. The van der Waals surface area contributed by atoms with Crippen LogP contribution >= 0.6 is 0 Å². The van der Waals surface area contributed by atoms with Gasteiger partial charge in [-0.05, 0) is 32.1 Å². The second-order valence-corrected chi connectivity index (χ2v) is 5.13. The molecule has 16 heavy (non-hydrogen) atoms. The van der Waals surface area contributed by atoms with Gasteiger partial charge in [0.05, 0.1) is 0 Å². The van der Waals surface area contributed by atoms with Gasteiger partial charge in [-0.2, -0.15) is 0 Å². The molecule has 1 heteroatoms. The van der Waals surface area contributed by atoms with Crippen LogP contribution in [0.2, 0.25) is 0 Å². The van der Waals surface area contributed by atoms with E-state index in [4.69, 9.17) is 0 Å². The number of unbranched alkanes of at least 4 members (excludes halogenated alkanes) is 2. The number of rotatable bonds is 7. The average molecular weight is 223 g/mol. The zero-order valence-corrected chi connectivity index (χ0v) is 11.2. The van der Waals surface area contributed by atoms with Crippen molar-refractivity contribution in [1.29, 1.82) is 0 Å². The molecule has 0 amide bonds. The lowest BCUT2D eigenvalue weighted by Crippen LogP contribution is -2.41. The van der Waals surface area contributed by atoms with Gasteiger partial charge >= 0.3 is 0 Å². The molecule has 2 atom stereocenters. The summed E-state index contributed by atoms with van der Waals surface area (Å²) in [6.45, 7) is 4.54. The highest BCUT2D eigenvalue weighted by atomic mass is 15.0. The predicted molar refractivity (Wildman–Crippen MR) is 72.8 cm³/mol. The normalized spacial score (nSPS) is 26.4. The van der Waals surface area contributed by atoms with Gasteiger partial charge in [-0.3, -0.25) is 0 Å². The van der Waals surface area contributed by atoms with Crippen molar-refractivity contribution in [3.63, 3.8) is 0 Å². The van der Waals surface area contributed by atoms with E-state index in [1.807, 2.05) is 0 Å². The predicted octanol–water partition coefficient (Wildman–Crippen LogP) is 4.43. The van der Waals surface area contributed by atoms with Gasteiger partial charge in [-0.1, -0.05) is 51.7 Å². The fourth-order valence-electron chi connectivity index (χ4n) is 2.57. The summed E-state index contributed by atoms with van der Waals surface area (Å²) in [5.41, 5.74) is 0. The Bertz CT molecular complexity index is 184. The van der Waals surface area contributed by atoms with E-state index >= 15 is 0 Å². The maximum Gasteiger partial charge on any atom is 0.0104 e. The van der Waals surface area contributed by atoms with Gasteiger partial charge in [0.15, 0.2) is 0 Å². The van der Waals surface area contributed by atoms with Gasteiger partial charge in [0.25, 0.3) is 0 Å². The molecule has 1 nitrogen and oxygen atoms in total. The molecule has 0 unspecified atom stereocenters. The van der Waals surface area contributed by atoms with E-state index in [0.29, 0.717) is 0 Å². The first-order valence-corrected chi connectivity index (χ1v) is 7.27. The average Bonchev–Trinajstić information content (AvgIpc) is 2.30. The van der Waals surface area contributed by atoms with Crippen LogP contribution in [0.5, 0.6) is 0 Å². The van der Waals surface area contributed by atoms with E-state index in [2.05, 4.69) is 31.3 Å². The topological polar surface area (TPSA) is 12.0 Å². The third kappa shape index (κ3) is 5.69. The molecule has 0 aromatic heterocycles. The van der Waals surface area contributed by atoms with Crippen LogP contribution in [0.25, 0.3) is 0 Å². The fraction of sp³-hybridized carbons (Fsp3) is 0.867. The summed E-state index contributed by atoms with van der Waals surface area (Å²) in [5.74, 6) is 0. The Kier molecular flexibility index (Phi) is 7.58. The summed E-state index contributed by atoms with van der Waals surface area (Å²) in [7, 11) is 0. The molecule has 1 rings (SSSR count). The summed E-state index contributed by atoms with van der Waals surface area (Å²) in [6, 6.07) is 1.55. The lowest BCUT2D eigenvalue weighted by Gasteiger charge is -2.30. The first-order chi connectivity index (χ1) is 7.86. The molecule has 0 aromatic carbocycles. The van der Waals surface area contributed by atoms with E-state index in [0.717, 1.165) is 12.1 Å². The van der Waals surface area contributed by atoms with E-state index < -0.39 is 0 Å². The Morgan fingerprint density at radius 2 is 1.88 bits per heavy atom. The van der Waals surface area contributed by atoms with Gasteiger partial charge in [0.2, 0.25) is 0 Å². The van der Waals surface area contributed by atoms with Gasteiger partial charge in [0.1, 0.15) is 0 Å². The summed E-state index contributed by atoms with van der Waals surface area (Å²) < 4.78 is 0. The van der Waals surface area contributed by atoms with Gasteiger partial charge in [-0.15, -0.1) is 0 Å². The molecule has 0 spiro atoms. The summed E-state index contributed by atoms with van der Waals surface area (Å²) >= 11 is 0. The molecule has 1 fully saturated rings. The molecular formula is C15H29N. The molecule has 1 aliphatic rings. The molecular weight excluding hydrogens is 194 g/mol. The van der Waals surface area contributed by atoms with Gasteiger partial charge in [-0.25, -0.2) is 0 Å². The minimum Gasteiger partial charge on any atom is -0.311 e. The smallest absolute Gasteiger partial charge is 0.0104 e. The van der Waals surface area contributed by atoms with Crippen molar-refractivity contribution in [3.8, 4) is 0 Å². The second kappa shape index (κ2) is 8.81. The molecule has 0 aliphatic carbocycles. The Hall–Kier alpha value is -0.300. The van der Waals surface area contributed by atoms with Crippen molar-refractivity contribution in [1.82, 2.24) is 5.32 Å². The highest BCUT2D eigenvalue weighted by Crippen LogP contribution is 2.18. The Balaban J connectivity index is 2.13. The van der Waals surface area contributed by atoms with Crippen molar-refractivity contribution in [2.24, 2.45) is 0 Å². The number of nitrogens with one attached hydrogen (secondary N) is 1. The maximum atomic E-state index is 3.79. The molecule has 1 N–H and O–H groups in total. The van der Waals surface area contributed by atoms with Gasteiger partial charge in [0, 0.05) is 12.1 Å². The van der Waals surface area contributed by atoms with Crippen molar-refractivity contribution in [2.45, 2.75) is 83.7 Å². The van der Waals surface area contributed by atoms with Crippen molar-refractivity contribution >= 4 is 0 Å². The summed E-state index contributed by atoms with van der Waals surface area (Å²) in [6.07, 6.45) is 16.8. The monoisotopic (exact) mass is 223 g/mol. The van der Waals surface area contributed by atoms with Crippen LogP contribution in [0.3, 0.4) is 0 Å². The standard InChI is InChI=1S/C15H29N/c1-3-5-6-7-8-11-15-13-9-12-14(16-15)10-4-2/h7-8,14-16H,3-6,9-13H2,1-2H3/b8-7+/t14-,15+/m0/s1. The van der Waals surface area contributed by atoms with E-state index in [9.17, 15) is 0 Å². The Morgan fingerprint density at radius 1 is 1.06 bits per heavy atom. The maximum absolute atomic E-state index is 3.79. The molecule has 0 aromatic rings. The van der Waals surface area contributed by atoms with Crippen LogP contribution in [0.15, 0.2) is 12.2 Å². The zero-order valence-electron chi connectivity index (χ0n) is 11.2. The van der Waals surface area contributed by atoms with Crippen LogP contribution in [0.1, 0.15) is 71.6 Å². The quantitative estimate of drug-likeness (QED) is 0.497. The lowest BCUT2D eigenvalue weighted by atomic mass is 9.94. The minimum atomic E-state index is 0.753. The van der Waals surface area contributed by atoms with E-state index in [-0.39, 0.29) is 0 Å². The lowest BCUT2D eigenvalue weighted by molar-refractivity contribution is 0.307. The third-order valence-electron chi connectivity index (χ3n) is 3.53. The fourth-order valence-corrected chi connectivity index (χ4v) is 2.57. The van der Waals surface area contributed by atoms with Crippen molar-refractivity contribution in [3.05, 3.63) is 12.2 Å². The van der Waals surface area contributed by atoms with Gasteiger partial charge < -0.3 is 5.32 Å². The molecule has 0 radical (unpaired) electrons. The van der Waals surface area contributed by atoms with E-state index in [1.54, 1.807) is 0 Å². The van der Waals surface area contributed by atoms with Crippen molar-refractivity contribution < 1.29 is 0 Å². The third-order valence-corrected chi connectivity index (χ3v) is 3.53. The van der Waals surface area contributed by atoms with Crippen LogP contribution in [0, 0.1) is 0 Å². The summed E-state index contributed by atoms with van der Waals surface area (Å²) in [4.78, 5) is 0. The molecule has 0 bridgehead atoms. The molecule has 1 aliphatic heterocycles. The number of piperidine rings is 1. The summed E-state index contributed by atoms with van der Waals surface area (Å²) in [5, 5.41) is 3.79. The Morgan fingerprint density at radius 3 is 2.62 bits per heavy atom. The number of hydrogen-bond acceptors (Lipinski definition) is 1. The van der Waals surface area contributed by atoms with Crippen LogP contribution in [0.4, 0.5) is 0 Å². The van der Waals surface area contributed by atoms with Crippen LogP contribution in [-0.4, -0.2) is 12.1 Å². The highest BCUT2D eigenvalue weighted by molar-refractivity contribution is 4.89.